The van der Waals surface area contributed by atoms with E-state index in [0.29, 0.717) is 66.9 Å². The summed E-state index contributed by atoms with van der Waals surface area (Å²) in [4.78, 5) is 49.4. The van der Waals surface area contributed by atoms with Gasteiger partial charge < -0.3 is 19.4 Å². The van der Waals surface area contributed by atoms with Crippen LogP contribution in [0.3, 0.4) is 0 Å². The molecule has 10 heteroatoms. The SMILES string of the molecule is CCOC(=O)[C@H]1CCCN(C(=O)CC2=CSC3=NC(C)=C(C(=O)N(CC)CC)[C@H](c4ccccc4F)N23)C1. The Hall–Kier alpha value is -3.14. The van der Waals surface area contributed by atoms with E-state index < -0.39 is 11.9 Å². The number of ether oxygens (including phenoxy) is 1. The zero-order valence-corrected chi connectivity index (χ0v) is 23.2. The Morgan fingerprint density at radius 3 is 2.61 bits per heavy atom. The summed E-state index contributed by atoms with van der Waals surface area (Å²) in [5.74, 6) is -1.35. The number of likely N-dealkylation sites (N-methyl/N-ethyl adjacent to an activating group) is 1. The topological polar surface area (TPSA) is 82.5 Å². The van der Waals surface area contributed by atoms with Crippen LogP contribution < -0.4 is 0 Å². The van der Waals surface area contributed by atoms with Crippen LogP contribution in [0.5, 0.6) is 0 Å². The van der Waals surface area contributed by atoms with Gasteiger partial charge in [0.05, 0.1) is 36.3 Å². The molecule has 0 aliphatic carbocycles. The van der Waals surface area contributed by atoms with Gasteiger partial charge in [-0.05, 0) is 52.0 Å². The Morgan fingerprint density at radius 2 is 1.92 bits per heavy atom. The maximum atomic E-state index is 15.3. The Kier molecular flexibility index (Phi) is 8.91. The van der Waals surface area contributed by atoms with Gasteiger partial charge in [-0.15, -0.1) is 0 Å². The molecule has 1 fully saturated rings. The number of amides is 2. The largest absolute Gasteiger partial charge is 0.466 e. The van der Waals surface area contributed by atoms with Crippen LogP contribution in [0.2, 0.25) is 0 Å². The molecule has 0 N–H and O–H groups in total. The lowest BCUT2D eigenvalue weighted by Gasteiger charge is -2.38. The summed E-state index contributed by atoms with van der Waals surface area (Å²) in [7, 11) is 0. The number of likely N-dealkylation sites (tertiary alicyclic amines) is 1. The van der Waals surface area contributed by atoms with E-state index in [1.165, 1.54) is 17.8 Å². The second-order valence-electron chi connectivity index (χ2n) is 9.50. The lowest BCUT2D eigenvalue weighted by Crippen LogP contribution is -2.44. The normalized spacial score (nSPS) is 21.1. The molecule has 0 bridgehead atoms. The molecule has 2 atom stereocenters. The molecular weight excluding hydrogens is 507 g/mol. The first-order chi connectivity index (χ1) is 18.3. The Labute approximate surface area is 227 Å². The first-order valence-electron chi connectivity index (χ1n) is 13.2. The Bertz CT molecular complexity index is 1190. The number of amidine groups is 1. The third-order valence-electron chi connectivity index (χ3n) is 7.21. The van der Waals surface area contributed by atoms with Crippen LogP contribution in [0.15, 0.2) is 51.6 Å². The zero-order chi connectivity index (χ0) is 27.4. The smallest absolute Gasteiger partial charge is 0.310 e. The number of aliphatic imine (C=N–C) groups is 1. The molecule has 3 aliphatic heterocycles. The van der Waals surface area contributed by atoms with E-state index in [9.17, 15) is 14.4 Å². The molecule has 1 aromatic rings. The van der Waals surface area contributed by atoms with Crippen LogP contribution in [0.4, 0.5) is 4.39 Å². The molecule has 0 unspecified atom stereocenters. The van der Waals surface area contributed by atoms with Crippen molar-refractivity contribution in [2.24, 2.45) is 10.9 Å². The standard InChI is InChI=1S/C28H35FN4O4S/c1-5-31(6-2)26(35)24-18(4)30-28-33(25(24)21-12-8-9-13-22(21)29)20(17-38-28)15-23(34)32-14-10-11-19(16-32)27(36)37-7-3/h8-9,12-13,17,19,25H,5-7,10-11,14-16H2,1-4H3/t19-,25-/m0/s1. The number of fused-ring (bicyclic) bond motifs is 1. The number of nitrogens with zero attached hydrogens (tertiary/aromatic N) is 4. The molecule has 3 heterocycles. The average Bonchev–Trinajstić information content (AvgIpc) is 3.30. The van der Waals surface area contributed by atoms with E-state index in [1.54, 1.807) is 41.8 Å². The monoisotopic (exact) mass is 542 g/mol. The van der Waals surface area contributed by atoms with Gasteiger partial charge in [-0.3, -0.25) is 14.4 Å². The summed E-state index contributed by atoms with van der Waals surface area (Å²) >= 11 is 1.36. The van der Waals surface area contributed by atoms with Crippen molar-refractivity contribution in [3.05, 3.63) is 58.0 Å². The second-order valence-corrected chi connectivity index (χ2v) is 10.3. The molecule has 2 amide bonds. The molecule has 38 heavy (non-hydrogen) atoms. The molecule has 8 nitrogen and oxygen atoms in total. The molecular formula is C28H35FN4O4S. The highest BCUT2D eigenvalue weighted by atomic mass is 32.2. The van der Waals surface area contributed by atoms with Gasteiger partial charge in [-0.2, -0.15) is 0 Å². The van der Waals surface area contributed by atoms with Crippen LogP contribution in [-0.4, -0.2) is 70.4 Å². The van der Waals surface area contributed by atoms with Gasteiger partial charge in [0, 0.05) is 37.4 Å². The Morgan fingerprint density at radius 1 is 1.18 bits per heavy atom. The first kappa shape index (κ1) is 27.9. The fraction of sp³-hybridized carbons (Fsp3) is 0.500. The number of hydrogen-bond acceptors (Lipinski definition) is 7. The Balaban J connectivity index is 1.64. The fourth-order valence-corrected chi connectivity index (χ4v) is 6.20. The van der Waals surface area contributed by atoms with Gasteiger partial charge in [0.15, 0.2) is 5.17 Å². The molecule has 0 aromatic heterocycles. The van der Waals surface area contributed by atoms with Crippen molar-refractivity contribution < 1.29 is 23.5 Å². The summed E-state index contributed by atoms with van der Waals surface area (Å²) < 4.78 is 20.4. The molecule has 1 saturated heterocycles. The quantitative estimate of drug-likeness (QED) is 0.451. The third-order valence-corrected chi connectivity index (χ3v) is 8.10. The molecule has 1 aromatic carbocycles. The lowest BCUT2D eigenvalue weighted by atomic mass is 9.92. The van der Waals surface area contributed by atoms with E-state index in [1.807, 2.05) is 24.2 Å². The number of halogens is 1. The number of carbonyl (C=O) groups is 3. The number of thioether (sulfide) groups is 1. The van der Waals surface area contributed by atoms with Gasteiger partial charge >= 0.3 is 5.97 Å². The van der Waals surface area contributed by atoms with Gasteiger partial charge in [0.1, 0.15) is 5.82 Å². The van der Waals surface area contributed by atoms with E-state index in [-0.39, 0.29) is 30.1 Å². The average molecular weight is 543 g/mol. The molecule has 4 rings (SSSR count). The van der Waals surface area contributed by atoms with Crippen molar-refractivity contribution in [1.29, 1.82) is 0 Å². The molecule has 204 valence electrons. The van der Waals surface area contributed by atoms with Gasteiger partial charge in [0.2, 0.25) is 5.91 Å². The number of piperidine rings is 1. The summed E-state index contributed by atoms with van der Waals surface area (Å²) in [6.07, 6.45) is 1.47. The number of carbonyl (C=O) groups excluding carboxylic acids is 3. The first-order valence-corrected chi connectivity index (χ1v) is 14.1. The summed E-state index contributed by atoms with van der Waals surface area (Å²) in [6.45, 7) is 9.59. The van der Waals surface area contributed by atoms with Gasteiger partial charge in [-0.25, -0.2) is 9.38 Å². The number of benzene rings is 1. The minimum Gasteiger partial charge on any atom is -0.466 e. The predicted octanol–water partition coefficient (Wildman–Crippen LogP) is 4.46. The summed E-state index contributed by atoms with van der Waals surface area (Å²) in [6, 6.07) is 5.69. The highest BCUT2D eigenvalue weighted by molar-refractivity contribution is 8.16. The van der Waals surface area contributed by atoms with Crippen LogP contribution in [0.25, 0.3) is 0 Å². The lowest BCUT2D eigenvalue weighted by molar-refractivity contribution is -0.151. The van der Waals surface area contributed by atoms with Crippen molar-refractivity contribution in [2.45, 2.75) is 53.0 Å². The number of hydrogen-bond donors (Lipinski definition) is 0. The van der Waals surface area contributed by atoms with Crippen LogP contribution in [0, 0.1) is 11.7 Å². The highest BCUT2D eigenvalue weighted by Crippen LogP contribution is 2.45. The summed E-state index contributed by atoms with van der Waals surface area (Å²) in [5.41, 5.74) is 1.96. The van der Waals surface area contributed by atoms with Crippen molar-refractivity contribution in [3.63, 3.8) is 0 Å². The fourth-order valence-electron chi connectivity index (χ4n) is 5.24. The number of esters is 1. The van der Waals surface area contributed by atoms with E-state index in [4.69, 9.17) is 9.73 Å². The van der Waals surface area contributed by atoms with Crippen LogP contribution in [0.1, 0.15) is 58.6 Å². The number of allylic oxidation sites excluding steroid dienone is 1. The van der Waals surface area contributed by atoms with Gasteiger partial charge in [-0.1, -0.05) is 30.0 Å². The predicted molar refractivity (Wildman–Crippen MR) is 145 cm³/mol. The van der Waals surface area contributed by atoms with Gasteiger partial charge in [0.25, 0.3) is 5.91 Å². The highest BCUT2D eigenvalue weighted by Gasteiger charge is 2.43. The van der Waals surface area contributed by atoms with Crippen molar-refractivity contribution in [3.8, 4) is 0 Å². The second kappa shape index (κ2) is 12.1. The van der Waals surface area contributed by atoms with Crippen molar-refractivity contribution >= 4 is 34.7 Å². The van der Waals surface area contributed by atoms with Crippen LogP contribution in [-0.2, 0) is 19.1 Å². The van der Waals surface area contributed by atoms with Crippen molar-refractivity contribution in [2.75, 3.05) is 32.8 Å². The van der Waals surface area contributed by atoms with E-state index >= 15 is 4.39 Å². The van der Waals surface area contributed by atoms with E-state index in [2.05, 4.69) is 0 Å². The summed E-state index contributed by atoms with van der Waals surface area (Å²) in [5, 5.41) is 2.47. The van der Waals surface area contributed by atoms with Crippen molar-refractivity contribution in [1.82, 2.24) is 14.7 Å². The third kappa shape index (κ3) is 5.50. The molecule has 0 saturated carbocycles. The zero-order valence-electron chi connectivity index (χ0n) is 22.4. The van der Waals surface area contributed by atoms with Crippen LogP contribution >= 0.6 is 11.8 Å². The number of rotatable bonds is 8. The minimum absolute atomic E-state index is 0.0539. The maximum Gasteiger partial charge on any atom is 0.310 e. The molecule has 3 aliphatic rings. The minimum atomic E-state index is -0.750. The van der Waals surface area contributed by atoms with E-state index in [0.717, 1.165) is 6.42 Å². The molecule has 0 radical (unpaired) electrons. The maximum absolute atomic E-state index is 15.3. The molecule has 0 spiro atoms.